The first kappa shape index (κ1) is 23.7. The molecule has 4 aromatic rings. The molecule has 6 rings (SSSR count). The van der Waals surface area contributed by atoms with Crippen LogP contribution in [0.5, 0.6) is 11.5 Å². The molecule has 1 N–H and O–H groups in total. The molecule has 0 saturated heterocycles. The normalized spacial score (nSPS) is 16.3. The zero-order chi connectivity index (χ0) is 25.4. The fraction of sp³-hybridized carbons (Fsp3) is 0.300. The van der Waals surface area contributed by atoms with E-state index >= 15 is 0 Å². The van der Waals surface area contributed by atoms with E-state index in [1.165, 1.54) is 33.8 Å². The summed E-state index contributed by atoms with van der Waals surface area (Å²) < 4.78 is 13.3. The molecule has 0 radical (unpaired) electrons. The van der Waals surface area contributed by atoms with Crippen LogP contribution in [0.3, 0.4) is 0 Å². The van der Waals surface area contributed by atoms with Crippen LogP contribution < -0.4 is 14.8 Å². The number of nitrogens with one attached hydrogen (secondary N) is 1. The summed E-state index contributed by atoms with van der Waals surface area (Å²) in [6.45, 7) is 3.16. The topological polar surface area (TPSA) is 55.7 Å². The number of aryl methyl sites for hydroxylation is 1. The first-order valence-corrected chi connectivity index (χ1v) is 13.7. The number of urea groups is 1. The summed E-state index contributed by atoms with van der Waals surface area (Å²) in [5.41, 5.74) is 5.61. The van der Waals surface area contributed by atoms with Crippen LogP contribution in [0.2, 0.25) is 0 Å². The number of methoxy groups -OCH3 is 1. The van der Waals surface area contributed by atoms with Gasteiger partial charge in [-0.15, -0.1) is 11.3 Å². The van der Waals surface area contributed by atoms with Gasteiger partial charge in [0.25, 0.3) is 0 Å². The van der Waals surface area contributed by atoms with Crippen LogP contribution in [0.4, 0.5) is 10.5 Å². The number of aromatic nitrogens is 1. The number of thiophene rings is 1. The van der Waals surface area contributed by atoms with Crippen molar-refractivity contribution in [2.75, 3.05) is 19.0 Å². The SMILES string of the molecule is CCOc1ccc([C@H]2c3cccn3-c3sc4c(c3CN2C(=O)Nc2ccc(OC)cc2)CCCC4)cc1. The van der Waals surface area contributed by atoms with Crippen LogP contribution in [0, 0.1) is 0 Å². The van der Waals surface area contributed by atoms with Crippen molar-refractivity contribution in [1.29, 1.82) is 0 Å². The molecule has 37 heavy (non-hydrogen) atoms. The molecule has 1 aliphatic heterocycles. The average molecular weight is 514 g/mol. The van der Waals surface area contributed by atoms with E-state index in [0.717, 1.165) is 41.3 Å². The van der Waals surface area contributed by atoms with Gasteiger partial charge < -0.3 is 24.3 Å². The molecule has 0 spiro atoms. The van der Waals surface area contributed by atoms with E-state index in [2.05, 4.69) is 40.3 Å². The largest absolute Gasteiger partial charge is 0.497 e. The van der Waals surface area contributed by atoms with Gasteiger partial charge in [-0.25, -0.2) is 4.79 Å². The quantitative estimate of drug-likeness (QED) is 0.314. The highest BCUT2D eigenvalue weighted by atomic mass is 32.1. The Morgan fingerprint density at radius 1 is 1.00 bits per heavy atom. The summed E-state index contributed by atoms with van der Waals surface area (Å²) in [5.74, 6) is 1.59. The number of rotatable bonds is 5. The van der Waals surface area contributed by atoms with Crippen molar-refractivity contribution < 1.29 is 14.3 Å². The Labute approximate surface area is 221 Å². The number of ether oxygens (including phenoxy) is 2. The highest BCUT2D eigenvalue weighted by Crippen LogP contribution is 2.44. The van der Waals surface area contributed by atoms with Crippen LogP contribution in [0.15, 0.2) is 66.9 Å². The third-order valence-corrected chi connectivity index (χ3v) is 8.62. The Hall–Kier alpha value is -3.71. The molecule has 6 nitrogen and oxygen atoms in total. The van der Waals surface area contributed by atoms with Gasteiger partial charge in [-0.1, -0.05) is 12.1 Å². The molecule has 2 aromatic heterocycles. The van der Waals surface area contributed by atoms with Crippen molar-refractivity contribution in [3.05, 3.63) is 94.1 Å². The minimum Gasteiger partial charge on any atom is -0.497 e. The van der Waals surface area contributed by atoms with Crippen LogP contribution in [0.1, 0.15) is 53.1 Å². The van der Waals surface area contributed by atoms with Crippen LogP contribution >= 0.6 is 11.3 Å². The van der Waals surface area contributed by atoms with Gasteiger partial charge in [-0.3, -0.25) is 0 Å². The lowest BCUT2D eigenvalue weighted by atomic mass is 9.95. The van der Waals surface area contributed by atoms with Gasteiger partial charge in [0, 0.05) is 22.3 Å². The predicted octanol–water partition coefficient (Wildman–Crippen LogP) is 6.96. The Morgan fingerprint density at radius 3 is 2.51 bits per heavy atom. The number of anilines is 1. The molecule has 0 fully saturated rings. The van der Waals surface area contributed by atoms with Crippen LogP contribution in [-0.4, -0.2) is 29.2 Å². The Kier molecular flexibility index (Phi) is 6.38. The van der Waals surface area contributed by atoms with E-state index in [9.17, 15) is 4.79 Å². The Balaban J connectivity index is 1.44. The summed E-state index contributed by atoms with van der Waals surface area (Å²) in [7, 11) is 1.64. The first-order valence-electron chi connectivity index (χ1n) is 12.9. The minimum absolute atomic E-state index is 0.125. The summed E-state index contributed by atoms with van der Waals surface area (Å²) in [5, 5.41) is 4.40. The molecule has 190 valence electrons. The minimum atomic E-state index is -0.247. The van der Waals surface area contributed by atoms with E-state index < -0.39 is 0 Å². The summed E-state index contributed by atoms with van der Waals surface area (Å²) in [4.78, 5) is 17.5. The van der Waals surface area contributed by atoms with Crippen LogP contribution in [0.25, 0.3) is 5.00 Å². The lowest BCUT2D eigenvalue weighted by molar-refractivity contribution is 0.194. The molecular formula is C30H31N3O3S. The average Bonchev–Trinajstić information content (AvgIpc) is 3.52. The predicted molar refractivity (Wildman–Crippen MR) is 147 cm³/mol. The van der Waals surface area contributed by atoms with Gasteiger partial charge in [0.2, 0.25) is 0 Å². The van der Waals surface area contributed by atoms with Crippen molar-refractivity contribution in [3.63, 3.8) is 0 Å². The second-order valence-electron chi connectivity index (χ2n) is 9.49. The standard InChI is InChI=1S/C30H31N3O3S/c1-3-36-23-14-10-20(11-15-23)28-26-8-6-18-32(26)29-25(24-7-4-5-9-27(24)37-29)19-33(28)30(34)31-21-12-16-22(35-2)17-13-21/h6,8,10-18,28H,3-5,7,9,19H2,1-2H3,(H,31,34)/t28-/m0/s1. The second-order valence-corrected chi connectivity index (χ2v) is 10.6. The van der Waals surface area contributed by atoms with Crippen molar-refractivity contribution in [3.8, 4) is 16.5 Å². The van der Waals surface area contributed by atoms with Crippen molar-refractivity contribution in [2.24, 2.45) is 0 Å². The van der Waals surface area contributed by atoms with Crippen LogP contribution in [-0.2, 0) is 19.4 Å². The van der Waals surface area contributed by atoms with E-state index in [0.29, 0.717) is 13.2 Å². The van der Waals surface area contributed by atoms with E-state index in [1.807, 2.05) is 59.6 Å². The smallest absolute Gasteiger partial charge is 0.322 e. The van der Waals surface area contributed by atoms with Gasteiger partial charge in [0.05, 0.1) is 32.0 Å². The fourth-order valence-electron chi connectivity index (χ4n) is 5.52. The summed E-state index contributed by atoms with van der Waals surface area (Å²) in [6.07, 6.45) is 6.79. The van der Waals surface area contributed by atoms with Gasteiger partial charge in [-0.2, -0.15) is 0 Å². The maximum atomic E-state index is 14.0. The number of hydrogen-bond donors (Lipinski definition) is 1. The molecule has 2 aromatic carbocycles. The zero-order valence-electron chi connectivity index (χ0n) is 21.2. The van der Waals surface area contributed by atoms with E-state index in [4.69, 9.17) is 9.47 Å². The summed E-state index contributed by atoms with van der Waals surface area (Å²) in [6, 6.07) is 19.5. The third kappa shape index (κ3) is 4.37. The van der Waals surface area contributed by atoms with Gasteiger partial charge >= 0.3 is 6.03 Å². The first-order chi connectivity index (χ1) is 18.2. The molecule has 7 heteroatoms. The Morgan fingerprint density at radius 2 is 1.76 bits per heavy atom. The molecule has 1 aliphatic carbocycles. The highest BCUT2D eigenvalue weighted by molar-refractivity contribution is 7.15. The molecule has 1 atom stereocenters. The van der Waals surface area contributed by atoms with E-state index in [1.54, 1.807) is 7.11 Å². The van der Waals surface area contributed by atoms with Crippen molar-refractivity contribution in [1.82, 2.24) is 9.47 Å². The number of hydrogen-bond acceptors (Lipinski definition) is 4. The molecular weight excluding hydrogens is 482 g/mol. The van der Waals surface area contributed by atoms with Gasteiger partial charge in [-0.05, 0) is 92.3 Å². The molecule has 0 unspecified atom stereocenters. The maximum absolute atomic E-state index is 14.0. The van der Waals surface area contributed by atoms with Gasteiger partial charge in [0.15, 0.2) is 0 Å². The lowest BCUT2D eigenvalue weighted by Gasteiger charge is -2.31. The number of fused-ring (bicyclic) bond motifs is 5. The number of carbonyl (C=O) groups excluding carboxylic acids is 1. The van der Waals surface area contributed by atoms with Crippen molar-refractivity contribution in [2.45, 2.75) is 45.2 Å². The van der Waals surface area contributed by atoms with Crippen molar-refractivity contribution >= 4 is 23.1 Å². The second kappa shape index (κ2) is 9.98. The fourth-order valence-corrected chi connectivity index (χ4v) is 6.92. The number of amides is 2. The number of nitrogens with zero attached hydrogens (tertiary/aromatic N) is 2. The van der Waals surface area contributed by atoms with Gasteiger partial charge in [0.1, 0.15) is 16.5 Å². The van der Waals surface area contributed by atoms with E-state index in [-0.39, 0.29) is 12.1 Å². The monoisotopic (exact) mass is 513 g/mol. The number of benzene rings is 2. The zero-order valence-corrected chi connectivity index (χ0v) is 22.0. The molecule has 2 amide bonds. The Bertz CT molecular complexity index is 1410. The molecule has 0 bridgehead atoms. The molecule has 0 saturated carbocycles. The molecule has 2 aliphatic rings. The lowest BCUT2D eigenvalue weighted by Crippen LogP contribution is -2.38. The molecule has 3 heterocycles. The number of carbonyl (C=O) groups is 1. The summed E-state index contributed by atoms with van der Waals surface area (Å²) >= 11 is 1.90. The maximum Gasteiger partial charge on any atom is 0.322 e. The highest BCUT2D eigenvalue weighted by Gasteiger charge is 2.36. The third-order valence-electron chi connectivity index (χ3n) is 7.29.